The van der Waals surface area contributed by atoms with Crippen molar-refractivity contribution in [3.05, 3.63) is 65.4 Å². The Labute approximate surface area is 185 Å². The lowest BCUT2D eigenvalue weighted by atomic mass is 10.2. The van der Waals surface area contributed by atoms with Crippen molar-refractivity contribution in [1.82, 2.24) is 9.88 Å². The summed E-state index contributed by atoms with van der Waals surface area (Å²) in [5.41, 5.74) is 2.01. The lowest BCUT2D eigenvalue weighted by Crippen LogP contribution is -2.44. The van der Waals surface area contributed by atoms with Crippen molar-refractivity contribution >= 4 is 28.9 Å². The number of anilines is 2. The van der Waals surface area contributed by atoms with Crippen LogP contribution in [0, 0.1) is 5.82 Å². The number of carbonyl (C=O) groups is 1. The van der Waals surface area contributed by atoms with Crippen molar-refractivity contribution in [2.75, 3.05) is 43.4 Å². The highest BCUT2D eigenvalue weighted by molar-refractivity contribution is 6.31. The number of hydrogen-bond donors (Lipinski definition) is 1. The third-order valence-corrected chi connectivity index (χ3v) is 5.57. The standard InChI is InChI=1S/C23H24ClFN4O2/c1-28-10-12-29(13-11-28)20-7-6-16(24)14-19(20)27-22(30)8-9-23-26-15-21(31-23)17-4-2-3-5-18(17)25/h2-7,14-15H,8-13H2,1H3,(H,27,30). The van der Waals surface area contributed by atoms with E-state index in [0.29, 0.717) is 34.3 Å². The van der Waals surface area contributed by atoms with Gasteiger partial charge in [0, 0.05) is 44.0 Å². The first-order chi connectivity index (χ1) is 15.0. The summed E-state index contributed by atoms with van der Waals surface area (Å²) in [4.78, 5) is 21.3. The van der Waals surface area contributed by atoms with Gasteiger partial charge in [-0.1, -0.05) is 23.7 Å². The predicted octanol–water partition coefficient (Wildman–Crippen LogP) is 4.46. The third kappa shape index (κ3) is 5.24. The van der Waals surface area contributed by atoms with Gasteiger partial charge < -0.3 is 19.5 Å². The molecule has 0 bridgehead atoms. The Morgan fingerprint density at radius 1 is 1.19 bits per heavy atom. The molecule has 2 heterocycles. The number of aryl methyl sites for hydroxylation is 1. The highest BCUT2D eigenvalue weighted by Gasteiger charge is 2.19. The second kappa shape index (κ2) is 9.49. The fourth-order valence-electron chi connectivity index (χ4n) is 3.58. The van der Waals surface area contributed by atoms with Crippen LogP contribution in [-0.4, -0.2) is 49.0 Å². The Morgan fingerprint density at radius 3 is 2.74 bits per heavy atom. The first kappa shape index (κ1) is 21.3. The number of hydrogen-bond acceptors (Lipinski definition) is 5. The molecule has 0 unspecified atom stereocenters. The first-order valence-electron chi connectivity index (χ1n) is 10.2. The lowest BCUT2D eigenvalue weighted by molar-refractivity contribution is -0.116. The number of halogens is 2. The van der Waals surface area contributed by atoms with E-state index in [1.54, 1.807) is 24.3 Å². The first-order valence-corrected chi connectivity index (χ1v) is 10.6. The van der Waals surface area contributed by atoms with Gasteiger partial charge in [0.05, 0.1) is 23.1 Å². The largest absolute Gasteiger partial charge is 0.441 e. The second-order valence-electron chi connectivity index (χ2n) is 7.60. The van der Waals surface area contributed by atoms with E-state index in [0.717, 1.165) is 31.9 Å². The molecule has 1 aliphatic heterocycles. The molecule has 0 aliphatic carbocycles. The van der Waals surface area contributed by atoms with Crippen molar-refractivity contribution in [1.29, 1.82) is 0 Å². The number of oxazole rings is 1. The summed E-state index contributed by atoms with van der Waals surface area (Å²) < 4.78 is 19.6. The monoisotopic (exact) mass is 442 g/mol. The molecule has 31 heavy (non-hydrogen) atoms. The van der Waals surface area contributed by atoms with Crippen molar-refractivity contribution in [3.63, 3.8) is 0 Å². The zero-order valence-corrected chi connectivity index (χ0v) is 18.0. The van der Waals surface area contributed by atoms with Gasteiger partial charge in [-0.05, 0) is 37.4 Å². The van der Waals surface area contributed by atoms with Crippen LogP contribution in [0.4, 0.5) is 15.8 Å². The summed E-state index contributed by atoms with van der Waals surface area (Å²) in [6.07, 6.45) is 1.98. The van der Waals surface area contributed by atoms with Gasteiger partial charge in [0.25, 0.3) is 0 Å². The average Bonchev–Trinajstić information content (AvgIpc) is 3.22. The number of nitrogens with one attached hydrogen (secondary N) is 1. The Hall–Kier alpha value is -2.90. The van der Waals surface area contributed by atoms with Crippen LogP contribution in [0.5, 0.6) is 0 Å². The summed E-state index contributed by atoms with van der Waals surface area (Å²) in [6, 6.07) is 11.9. The minimum absolute atomic E-state index is 0.164. The quantitative estimate of drug-likeness (QED) is 0.610. The lowest BCUT2D eigenvalue weighted by Gasteiger charge is -2.35. The molecule has 0 atom stereocenters. The molecule has 6 nitrogen and oxygen atoms in total. The van der Waals surface area contributed by atoms with Crippen molar-refractivity contribution < 1.29 is 13.6 Å². The number of aromatic nitrogens is 1. The van der Waals surface area contributed by atoms with E-state index in [1.165, 1.54) is 12.3 Å². The molecule has 1 saturated heterocycles. The minimum Gasteiger partial charge on any atom is -0.441 e. The molecule has 2 aromatic carbocycles. The average molecular weight is 443 g/mol. The van der Waals surface area contributed by atoms with Crippen LogP contribution >= 0.6 is 11.6 Å². The summed E-state index contributed by atoms with van der Waals surface area (Å²) in [6.45, 7) is 3.70. The van der Waals surface area contributed by atoms with E-state index in [1.807, 2.05) is 12.1 Å². The van der Waals surface area contributed by atoms with Crippen molar-refractivity contribution in [3.8, 4) is 11.3 Å². The number of rotatable bonds is 6. The van der Waals surface area contributed by atoms with Crippen LogP contribution in [0.3, 0.4) is 0 Å². The molecule has 1 N–H and O–H groups in total. The van der Waals surface area contributed by atoms with Gasteiger partial charge in [-0.2, -0.15) is 0 Å². The number of piperazine rings is 1. The van der Waals surface area contributed by atoms with Crippen LogP contribution in [-0.2, 0) is 11.2 Å². The van der Waals surface area contributed by atoms with E-state index in [2.05, 4.69) is 27.1 Å². The Kier molecular flexibility index (Phi) is 6.53. The second-order valence-corrected chi connectivity index (χ2v) is 8.03. The molecule has 3 aromatic rings. The molecular formula is C23H24ClFN4O2. The Bertz CT molecular complexity index is 1060. The van der Waals surface area contributed by atoms with Crippen molar-refractivity contribution in [2.45, 2.75) is 12.8 Å². The van der Waals surface area contributed by atoms with E-state index >= 15 is 0 Å². The van der Waals surface area contributed by atoms with Gasteiger partial charge in [-0.15, -0.1) is 0 Å². The third-order valence-electron chi connectivity index (χ3n) is 5.34. The molecule has 1 amide bonds. The van der Waals surface area contributed by atoms with Gasteiger partial charge in [-0.3, -0.25) is 4.79 Å². The molecule has 8 heteroatoms. The number of amides is 1. The number of nitrogens with zero attached hydrogens (tertiary/aromatic N) is 3. The summed E-state index contributed by atoms with van der Waals surface area (Å²) >= 11 is 6.18. The van der Waals surface area contributed by atoms with Gasteiger partial charge in [-0.25, -0.2) is 9.37 Å². The summed E-state index contributed by atoms with van der Waals surface area (Å²) in [5, 5.41) is 3.53. The summed E-state index contributed by atoms with van der Waals surface area (Å²) in [7, 11) is 2.10. The van der Waals surface area contributed by atoms with Gasteiger partial charge in [0.1, 0.15) is 5.82 Å². The maximum Gasteiger partial charge on any atom is 0.224 e. The zero-order chi connectivity index (χ0) is 21.8. The number of carbonyl (C=O) groups excluding carboxylic acids is 1. The Balaban J connectivity index is 1.39. The number of likely N-dealkylation sites (N-methyl/N-ethyl adjacent to an activating group) is 1. The zero-order valence-electron chi connectivity index (χ0n) is 17.3. The maximum absolute atomic E-state index is 13.9. The van der Waals surface area contributed by atoms with Gasteiger partial charge in [0.2, 0.25) is 5.91 Å². The molecule has 1 fully saturated rings. The highest BCUT2D eigenvalue weighted by atomic mass is 35.5. The molecule has 1 aliphatic rings. The highest BCUT2D eigenvalue weighted by Crippen LogP contribution is 2.30. The van der Waals surface area contributed by atoms with Crippen LogP contribution in [0.2, 0.25) is 5.02 Å². The molecule has 4 rings (SSSR count). The van der Waals surface area contributed by atoms with E-state index < -0.39 is 0 Å². The van der Waals surface area contributed by atoms with Crippen LogP contribution in [0.25, 0.3) is 11.3 Å². The normalized spacial score (nSPS) is 14.6. The number of benzene rings is 2. The van der Waals surface area contributed by atoms with Crippen LogP contribution in [0.15, 0.2) is 53.1 Å². The van der Waals surface area contributed by atoms with E-state index in [-0.39, 0.29) is 18.1 Å². The fraction of sp³-hybridized carbons (Fsp3) is 0.304. The summed E-state index contributed by atoms with van der Waals surface area (Å²) in [5.74, 6) is 0.197. The fourth-order valence-corrected chi connectivity index (χ4v) is 3.75. The topological polar surface area (TPSA) is 61.6 Å². The molecule has 0 spiro atoms. The van der Waals surface area contributed by atoms with Gasteiger partial charge in [0.15, 0.2) is 11.7 Å². The molecule has 0 radical (unpaired) electrons. The predicted molar refractivity (Wildman–Crippen MR) is 120 cm³/mol. The maximum atomic E-state index is 13.9. The molecular weight excluding hydrogens is 419 g/mol. The Morgan fingerprint density at radius 2 is 1.97 bits per heavy atom. The SMILES string of the molecule is CN1CCN(c2ccc(Cl)cc2NC(=O)CCc2ncc(-c3ccccc3F)o2)CC1. The van der Waals surface area contributed by atoms with Crippen LogP contribution < -0.4 is 10.2 Å². The minimum atomic E-state index is -0.375. The molecule has 0 saturated carbocycles. The molecule has 1 aromatic heterocycles. The van der Waals surface area contributed by atoms with E-state index in [4.69, 9.17) is 16.0 Å². The smallest absolute Gasteiger partial charge is 0.224 e. The van der Waals surface area contributed by atoms with Gasteiger partial charge >= 0.3 is 0 Å². The van der Waals surface area contributed by atoms with Crippen LogP contribution in [0.1, 0.15) is 12.3 Å². The molecule has 162 valence electrons. The van der Waals surface area contributed by atoms with Crippen molar-refractivity contribution in [2.24, 2.45) is 0 Å². The van der Waals surface area contributed by atoms with E-state index in [9.17, 15) is 9.18 Å².